The molecule has 2 aromatic carbocycles. The summed E-state index contributed by atoms with van der Waals surface area (Å²) in [5, 5.41) is 0. The molecule has 0 spiro atoms. The van der Waals surface area contributed by atoms with E-state index in [-0.39, 0.29) is 10.8 Å². The van der Waals surface area contributed by atoms with E-state index in [1.165, 1.54) is 33.8 Å². The minimum absolute atomic E-state index is 0.0192. The van der Waals surface area contributed by atoms with Gasteiger partial charge in [-0.3, -0.25) is 0 Å². The van der Waals surface area contributed by atoms with Gasteiger partial charge in [0, 0.05) is 48.5 Å². The summed E-state index contributed by atoms with van der Waals surface area (Å²) in [5.41, 5.74) is 8.13. The van der Waals surface area contributed by atoms with Gasteiger partial charge in [0.25, 0.3) is 0 Å². The van der Waals surface area contributed by atoms with Gasteiger partial charge in [-0.2, -0.15) is 0 Å². The quantitative estimate of drug-likeness (QED) is 0.254. The SMILES string of the molecule is C=NCCCC(/C=C/C1N(C)c2ccccc2C1(C)C)=C\C=C1\N(C)c2ccccc2C1(C)C. The highest BCUT2D eigenvalue weighted by Crippen LogP contribution is 2.47. The van der Waals surface area contributed by atoms with Crippen molar-refractivity contribution in [2.45, 2.75) is 57.4 Å². The number of likely N-dealkylation sites (N-methyl/N-ethyl adjacent to an activating group) is 2. The third kappa shape index (κ3) is 4.13. The zero-order valence-corrected chi connectivity index (χ0v) is 21.7. The second kappa shape index (κ2) is 9.29. The first-order valence-corrected chi connectivity index (χ1v) is 12.4. The Balaban J connectivity index is 1.64. The number of nitrogens with zero attached hydrogens (tertiary/aromatic N) is 3. The molecule has 2 aliphatic heterocycles. The molecule has 0 bridgehead atoms. The Kier molecular flexibility index (Phi) is 6.58. The highest BCUT2D eigenvalue weighted by atomic mass is 15.2. The number of rotatable bonds is 7. The van der Waals surface area contributed by atoms with E-state index in [0.29, 0.717) is 6.04 Å². The van der Waals surface area contributed by atoms with Gasteiger partial charge in [0.1, 0.15) is 0 Å². The normalized spacial score (nSPS) is 21.9. The zero-order chi connectivity index (χ0) is 24.5. The number of aliphatic imine (C=N–C) groups is 1. The molecule has 0 fully saturated rings. The molecule has 0 saturated heterocycles. The van der Waals surface area contributed by atoms with E-state index in [2.05, 4.69) is 136 Å². The number of allylic oxidation sites excluding steroid dienone is 5. The molecule has 0 radical (unpaired) electrons. The van der Waals surface area contributed by atoms with Crippen molar-refractivity contribution in [1.29, 1.82) is 0 Å². The van der Waals surface area contributed by atoms with Crippen LogP contribution in [0.4, 0.5) is 11.4 Å². The first-order valence-electron chi connectivity index (χ1n) is 12.4. The van der Waals surface area contributed by atoms with E-state index >= 15 is 0 Å². The van der Waals surface area contributed by atoms with E-state index in [1.807, 2.05) is 0 Å². The largest absolute Gasteiger partial charge is 0.367 e. The third-order valence-electron chi connectivity index (χ3n) is 7.80. The molecule has 3 nitrogen and oxygen atoms in total. The van der Waals surface area contributed by atoms with Gasteiger partial charge >= 0.3 is 0 Å². The molecule has 3 heteroatoms. The number of anilines is 2. The maximum absolute atomic E-state index is 4.07. The molecule has 0 N–H and O–H groups in total. The van der Waals surface area contributed by atoms with Gasteiger partial charge in [-0.1, -0.05) is 82.3 Å². The van der Waals surface area contributed by atoms with E-state index in [0.717, 1.165) is 19.4 Å². The lowest BCUT2D eigenvalue weighted by atomic mass is 9.80. The number of hydrogen-bond acceptors (Lipinski definition) is 3. The Labute approximate surface area is 206 Å². The van der Waals surface area contributed by atoms with Gasteiger partial charge in [-0.15, -0.1) is 0 Å². The molecule has 1 unspecified atom stereocenters. The van der Waals surface area contributed by atoms with Crippen LogP contribution < -0.4 is 9.80 Å². The Morgan fingerprint density at radius 1 is 0.971 bits per heavy atom. The fraction of sp³-hybridized carbons (Fsp3) is 0.387. The molecule has 0 aliphatic carbocycles. The van der Waals surface area contributed by atoms with Crippen molar-refractivity contribution in [2.75, 3.05) is 30.4 Å². The predicted octanol–water partition coefficient (Wildman–Crippen LogP) is 7.06. The summed E-state index contributed by atoms with van der Waals surface area (Å²) in [6.07, 6.45) is 11.4. The van der Waals surface area contributed by atoms with Crippen LogP contribution in [0.3, 0.4) is 0 Å². The molecule has 2 heterocycles. The van der Waals surface area contributed by atoms with Gasteiger partial charge in [-0.05, 0) is 54.5 Å². The van der Waals surface area contributed by atoms with Crippen molar-refractivity contribution in [2.24, 2.45) is 4.99 Å². The summed E-state index contributed by atoms with van der Waals surface area (Å²) in [7, 11) is 4.39. The van der Waals surface area contributed by atoms with E-state index in [1.54, 1.807) is 0 Å². The van der Waals surface area contributed by atoms with E-state index in [9.17, 15) is 0 Å². The lowest BCUT2D eigenvalue weighted by Crippen LogP contribution is -2.37. The predicted molar refractivity (Wildman–Crippen MR) is 148 cm³/mol. The molecule has 0 amide bonds. The fourth-order valence-corrected chi connectivity index (χ4v) is 5.81. The van der Waals surface area contributed by atoms with Gasteiger partial charge in [-0.25, -0.2) is 0 Å². The maximum atomic E-state index is 4.07. The van der Waals surface area contributed by atoms with Crippen LogP contribution in [-0.2, 0) is 10.8 Å². The second-order valence-electron chi connectivity index (χ2n) is 10.7. The van der Waals surface area contributed by atoms with E-state index < -0.39 is 0 Å². The fourth-order valence-electron chi connectivity index (χ4n) is 5.81. The van der Waals surface area contributed by atoms with Crippen molar-refractivity contribution in [1.82, 2.24) is 0 Å². The third-order valence-corrected chi connectivity index (χ3v) is 7.80. The molecular weight excluding hydrogens is 414 g/mol. The van der Waals surface area contributed by atoms with Crippen LogP contribution in [0.5, 0.6) is 0 Å². The standard InChI is InChI=1S/C31H39N3/c1-30(2)24-14-8-10-16-26(24)33(6)28(30)20-18-23(13-12-22-32-5)19-21-29-31(3,4)25-15-9-11-17-27(25)34(29)7/h8-11,14-21,28H,5,12-13,22H2,1-4,6-7H3/b20-18+,23-19+,29-21+. The summed E-state index contributed by atoms with van der Waals surface area (Å²) in [4.78, 5) is 8.82. The van der Waals surface area contributed by atoms with Crippen LogP contribution in [0.25, 0.3) is 0 Å². The minimum atomic E-state index is -0.0192. The summed E-state index contributed by atoms with van der Waals surface area (Å²) in [6, 6.07) is 17.8. The topological polar surface area (TPSA) is 18.8 Å². The first kappa shape index (κ1) is 24.1. The molecule has 1 atom stereocenters. The molecule has 34 heavy (non-hydrogen) atoms. The molecule has 4 rings (SSSR count). The maximum Gasteiger partial charge on any atom is 0.0565 e. The van der Waals surface area contributed by atoms with Crippen LogP contribution in [0.1, 0.15) is 51.7 Å². The summed E-state index contributed by atoms with van der Waals surface area (Å²) in [6.45, 7) is 13.8. The lowest BCUT2D eigenvalue weighted by molar-refractivity contribution is 0.487. The lowest BCUT2D eigenvalue weighted by Gasteiger charge is -2.29. The average molecular weight is 454 g/mol. The van der Waals surface area contributed by atoms with Crippen LogP contribution in [0.2, 0.25) is 0 Å². The van der Waals surface area contributed by atoms with Crippen LogP contribution in [0.15, 0.2) is 89.1 Å². The highest BCUT2D eigenvalue weighted by Gasteiger charge is 2.41. The Bertz CT molecular complexity index is 1150. The minimum Gasteiger partial charge on any atom is -0.367 e. The van der Waals surface area contributed by atoms with Crippen molar-refractivity contribution in [3.05, 3.63) is 95.2 Å². The molecule has 2 aromatic rings. The number of fused-ring (bicyclic) bond motifs is 2. The number of benzene rings is 2. The van der Waals surface area contributed by atoms with Crippen LogP contribution in [0, 0.1) is 0 Å². The summed E-state index contributed by atoms with van der Waals surface area (Å²) in [5.74, 6) is 0. The molecule has 178 valence electrons. The summed E-state index contributed by atoms with van der Waals surface area (Å²) >= 11 is 0. The summed E-state index contributed by atoms with van der Waals surface area (Å²) < 4.78 is 0. The van der Waals surface area contributed by atoms with Gasteiger partial charge in [0.05, 0.1) is 6.04 Å². The molecule has 0 aromatic heterocycles. The molecule has 0 saturated carbocycles. The average Bonchev–Trinajstić information content (AvgIpc) is 3.14. The van der Waals surface area contributed by atoms with Crippen molar-refractivity contribution >= 4 is 18.1 Å². The first-order chi connectivity index (χ1) is 16.2. The second-order valence-corrected chi connectivity index (χ2v) is 10.7. The van der Waals surface area contributed by atoms with E-state index in [4.69, 9.17) is 0 Å². The highest BCUT2D eigenvalue weighted by molar-refractivity contribution is 5.70. The van der Waals surface area contributed by atoms with Crippen molar-refractivity contribution in [3.8, 4) is 0 Å². The van der Waals surface area contributed by atoms with Crippen LogP contribution in [-0.4, -0.2) is 33.4 Å². The monoisotopic (exact) mass is 453 g/mol. The smallest absolute Gasteiger partial charge is 0.0565 e. The van der Waals surface area contributed by atoms with Crippen molar-refractivity contribution < 1.29 is 0 Å². The van der Waals surface area contributed by atoms with Gasteiger partial charge in [0.2, 0.25) is 0 Å². The molecule has 2 aliphatic rings. The number of para-hydroxylation sites is 2. The van der Waals surface area contributed by atoms with Crippen LogP contribution >= 0.6 is 0 Å². The Morgan fingerprint density at radius 2 is 1.62 bits per heavy atom. The Hall–Kier alpha value is -3.07. The molecular formula is C31H39N3. The zero-order valence-electron chi connectivity index (χ0n) is 21.7. The Morgan fingerprint density at radius 3 is 2.26 bits per heavy atom. The van der Waals surface area contributed by atoms with Gasteiger partial charge in [0.15, 0.2) is 0 Å². The van der Waals surface area contributed by atoms with Gasteiger partial charge < -0.3 is 14.8 Å². The number of hydrogen-bond donors (Lipinski definition) is 0. The van der Waals surface area contributed by atoms with Crippen molar-refractivity contribution in [3.63, 3.8) is 0 Å².